The van der Waals surface area contributed by atoms with Gasteiger partial charge in [0.1, 0.15) is 4.88 Å². The summed E-state index contributed by atoms with van der Waals surface area (Å²) in [5, 5.41) is 8.72. The van der Waals surface area contributed by atoms with Gasteiger partial charge in [0.25, 0.3) is 5.91 Å². The van der Waals surface area contributed by atoms with Crippen LogP contribution >= 0.6 is 22.9 Å². The van der Waals surface area contributed by atoms with Gasteiger partial charge in [0.2, 0.25) is 11.8 Å². The maximum atomic E-state index is 12.0. The SMILES string of the molecule is O=C(CC1CCNC1=O)NC1CC(NC(=O)c2scnc2Cl)C1. The number of carbonyl (C=O) groups excluding carboxylic acids is 3. The van der Waals surface area contributed by atoms with Gasteiger partial charge in [-0.05, 0) is 19.3 Å². The lowest BCUT2D eigenvalue weighted by Crippen LogP contribution is -2.53. The van der Waals surface area contributed by atoms with Gasteiger partial charge in [0.15, 0.2) is 5.15 Å². The molecule has 3 N–H and O–H groups in total. The van der Waals surface area contributed by atoms with E-state index < -0.39 is 0 Å². The summed E-state index contributed by atoms with van der Waals surface area (Å²) in [6.45, 7) is 0.647. The van der Waals surface area contributed by atoms with Crippen molar-refractivity contribution in [3.63, 3.8) is 0 Å². The number of rotatable bonds is 5. The van der Waals surface area contributed by atoms with Crippen molar-refractivity contribution >= 4 is 40.7 Å². The van der Waals surface area contributed by atoms with Gasteiger partial charge in [-0.15, -0.1) is 11.3 Å². The van der Waals surface area contributed by atoms with E-state index in [1.54, 1.807) is 0 Å². The van der Waals surface area contributed by atoms with Crippen LogP contribution in [0.3, 0.4) is 0 Å². The summed E-state index contributed by atoms with van der Waals surface area (Å²) in [5.41, 5.74) is 1.53. The van der Waals surface area contributed by atoms with E-state index >= 15 is 0 Å². The first-order chi connectivity index (χ1) is 11.0. The molecule has 1 unspecified atom stereocenters. The number of nitrogens with zero attached hydrogens (tertiary/aromatic N) is 1. The maximum absolute atomic E-state index is 12.0. The molecule has 7 nitrogen and oxygen atoms in total. The van der Waals surface area contributed by atoms with E-state index in [4.69, 9.17) is 11.6 Å². The molecular formula is C14H17ClN4O3S. The van der Waals surface area contributed by atoms with E-state index in [1.165, 1.54) is 16.8 Å². The highest BCUT2D eigenvalue weighted by atomic mass is 35.5. The van der Waals surface area contributed by atoms with E-state index in [0.717, 1.165) is 0 Å². The van der Waals surface area contributed by atoms with E-state index in [1.807, 2.05) is 0 Å². The monoisotopic (exact) mass is 356 g/mol. The smallest absolute Gasteiger partial charge is 0.264 e. The molecule has 3 rings (SSSR count). The number of nitrogens with one attached hydrogen (secondary N) is 3. The molecule has 3 amide bonds. The number of hydrogen-bond donors (Lipinski definition) is 3. The molecule has 0 spiro atoms. The summed E-state index contributed by atoms with van der Waals surface area (Å²) >= 11 is 7.02. The molecule has 0 radical (unpaired) electrons. The van der Waals surface area contributed by atoms with Crippen molar-refractivity contribution in [3.8, 4) is 0 Å². The first-order valence-corrected chi connectivity index (χ1v) is 8.75. The second-order valence-corrected chi connectivity index (χ2v) is 7.07. The van der Waals surface area contributed by atoms with Gasteiger partial charge in [-0.25, -0.2) is 4.98 Å². The van der Waals surface area contributed by atoms with Gasteiger partial charge in [0.05, 0.1) is 5.51 Å². The van der Waals surface area contributed by atoms with Crippen molar-refractivity contribution in [2.75, 3.05) is 6.54 Å². The summed E-state index contributed by atoms with van der Waals surface area (Å²) in [6, 6.07) is 0.0787. The van der Waals surface area contributed by atoms with Crippen molar-refractivity contribution in [2.45, 2.75) is 37.8 Å². The minimum Gasteiger partial charge on any atom is -0.356 e. The average Bonchev–Trinajstić information content (AvgIpc) is 3.05. The molecule has 2 aliphatic rings. The Labute approximate surface area is 142 Å². The fraction of sp³-hybridized carbons (Fsp3) is 0.571. The molecule has 1 saturated carbocycles. The molecule has 0 bridgehead atoms. The standard InChI is InChI=1S/C14H17ClN4O3S/c15-12-11(23-6-17-12)14(22)19-9-4-8(5-9)18-10(20)3-7-1-2-16-13(7)21/h6-9H,1-5H2,(H,16,21)(H,18,20)(H,19,22). The summed E-state index contributed by atoms with van der Waals surface area (Å²) in [4.78, 5) is 39.6. The predicted octanol–water partition coefficient (Wildman–Crippen LogP) is 0.700. The molecule has 1 aromatic rings. The number of carbonyl (C=O) groups is 3. The number of hydrogen-bond acceptors (Lipinski definition) is 5. The van der Waals surface area contributed by atoms with Gasteiger partial charge in [-0.1, -0.05) is 11.6 Å². The Hall–Kier alpha value is -1.67. The molecular weight excluding hydrogens is 340 g/mol. The third-order valence-corrected chi connectivity index (χ3v) is 5.39. The van der Waals surface area contributed by atoms with Gasteiger partial charge >= 0.3 is 0 Å². The van der Waals surface area contributed by atoms with Crippen molar-refractivity contribution in [2.24, 2.45) is 5.92 Å². The number of amides is 3. The highest BCUT2D eigenvalue weighted by molar-refractivity contribution is 7.12. The zero-order chi connectivity index (χ0) is 16.4. The molecule has 1 aliphatic carbocycles. The summed E-state index contributed by atoms with van der Waals surface area (Å²) in [5.74, 6) is -0.582. The van der Waals surface area contributed by atoms with Crippen LogP contribution in [0.1, 0.15) is 35.4 Å². The highest BCUT2D eigenvalue weighted by Gasteiger charge is 2.33. The van der Waals surface area contributed by atoms with Gasteiger partial charge < -0.3 is 16.0 Å². The largest absolute Gasteiger partial charge is 0.356 e. The molecule has 1 saturated heterocycles. The fourth-order valence-electron chi connectivity index (χ4n) is 2.83. The van der Waals surface area contributed by atoms with Crippen molar-refractivity contribution in [1.82, 2.24) is 20.9 Å². The summed E-state index contributed by atoms with van der Waals surface area (Å²) in [7, 11) is 0. The molecule has 2 fully saturated rings. The highest BCUT2D eigenvalue weighted by Crippen LogP contribution is 2.24. The quantitative estimate of drug-likeness (QED) is 0.723. The van der Waals surface area contributed by atoms with Crippen LogP contribution in [-0.4, -0.2) is 41.3 Å². The molecule has 2 heterocycles. The van der Waals surface area contributed by atoms with Crippen LogP contribution in [0.4, 0.5) is 0 Å². The van der Waals surface area contributed by atoms with Crippen LogP contribution in [0, 0.1) is 5.92 Å². The zero-order valence-corrected chi connectivity index (χ0v) is 13.9. The van der Waals surface area contributed by atoms with Gasteiger partial charge in [0, 0.05) is 31.0 Å². The third-order valence-electron chi connectivity index (χ3n) is 4.16. The Morgan fingerprint density at radius 1 is 1.35 bits per heavy atom. The van der Waals surface area contributed by atoms with E-state index in [0.29, 0.717) is 30.7 Å². The lowest BCUT2D eigenvalue weighted by Gasteiger charge is -2.36. The Morgan fingerprint density at radius 2 is 2.09 bits per heavy atom. The van der Waals surface area contributed by atoms with Crippen molar-refractivity contribution in [3.05, 3.63) is 15.5 Å². The van der Waals surface area contributed by atoms with E-state index in [2.05, 4.69) is 20.9 Å². The Morgan fingerprint density at radius 3 is 2.70 bits per heavy atom. The van der Waals surface area contributed by atoms with Crippen molar-refractivity contribution < 1.29 is 14.4 Å². The normalized spacial score (nSPS) is 26.3. The van der Waals surface area contributed by atoms with Crippen LogP contribution in [0.15, 0.2) is 5.51 Å². The maximum Gasteiger partial charge on any atom is 0.264 e. The average molecular weight is 357 g/mol. The van der Waals surface area contributed by atoms with Crippen LogP contribution in [0.25, 0.3) is 0 Å². The zero-order valence-electron chi connectivity index (χ0n) is 12.3. The molecule has 23 heavy (non-hydrogen) atoms. The minimum atomic E-state index is -0.227. The minimum absolute atomic E-state index is 0.0285. The van der Waals surface area contributed by atoms with Crippen LogP contribution in [0.2, 0.25) is 5.15 Å². The number of halogens is 1. The second kappa shape index (κ2) is 6.84. The van der Waals surface area contributed by atoms with Crippen LogP contribution in [0.5, 0.6) is 0 Å². The lowest BCUT2D eigenvalue weighted by atomic mass is 9.86. The molecule has 9 heteroatoms. The predicted molar refractivity (Wildman–Crippen MR) is 85.3 cm³/mol. The van der Waals surface area contributed by atoms with Gasteiger partial charge in [-0.2, -0.15) is 0 Å². The fourth-order valence-corrected chi connectivity index (χ4v) is 3.74. The first kappa shape index (κ1) is 16.2. The van der Waals surface area contributed by atoms with Crippen LogP contribution in [-0.2, 0) is 9.59 Å². The van der Waals surface area contributed by atoms with Crippen molar-refractivity contribution in [1.29, 1.82) is 0 Å². The third kappa shape index (κ3) is 3.81. The summed E-state index contributed by atoms with van der Waals surface area (Å²) < 4.78 is 0. The molecule has 1 aliphatic heterocycles. The number of aromatic nitrogens is 1. The van der Waals surface area contributed by atoms with Crippen LogP contribution < -0.4 is 16.0 Å². The Balaban J connectivity index is 1.38. The van der Waals surface area contributed by atoms with Gasteiger partial charge in [-0.3, -0.25) is 14.4 Å². The second-order valence-electron chi connectivity index (χ2n) is 5.86. The Kier molecular flexibility index (Phi) is 4.82. The van der Waals surface area contributed by atoms with E-state index in [-0.39, 0.29) is 47.3 Å². The first-order valence-electron chi connectivity index (χ1n) is 7.50. The lowest BCUT2D eigenvalue weighted by molar-refractivity contribution is -0.129. The molecule has 124 valence electrons. The number of thiazole rings is 1. The molecule has 0 aromatic carbocycles. The topological polar surface area (TPSA) is 100 Å². The Bertz CT molecular complexity index is 629. The summed E-state index contributed by atoms with van der Waals surface area (Å²) in [6.07, 6.45) is 2.32. The van der Waals surface area contributed by atoms with E-state index in [9.17, 15) is 14.4 Å². The molecule has 1 atom stereocenters. The molecule has 1 aromatic heterocycles.